The van der Waals surface area contributed by atoms with E-state index in [1.165, 1.54) is 0 Å². The van der Waals surface area contributed by atoms with Crippen LogP contribution in [-0.2, 0) is 11.3 Å². The van der Waals surface area contributed by atoms with Crippen molar-refractivity contribution in [3.8, 4) is 0 Å². The van der Waals surface area contributed by atoms with Crippen LogP contribution >= 0.6 is 12.4 Å². The number of esters is 1. The molecule has 0 fully saturated rings. The SMILES string of the molecule is CCOC(=O)c1n[nH]c(CN)n1.Cl. The Morgan fingerprint density at radius 1 is 1.69 bits per heavy atom. The number of hydrogen-bond donors (Lipinski definition) is 2. The number of rotatable bonds is 3. The summed E-state index contributed by atoms with van der Waals surface area (Å²) in [4.78, 5) is 14.7. The molecule has 1 rings (SSSR count). The number of aromatic nitrogens is 3. The molecule has 0 radical (unpaired) electrons. The lowest BCUT2D eigenvalue weighted by Crippen LogP contribution is -2.07. The van der Waals surface area contributed by atoms with Crippen LogP contribution < -0.4 is 5.73 Å². The molecule has 0 atom stereocenters. The molecule has 1 aromatic rings. The molecule has 0 aliphatic rings. The fourth-order valence-electron chi connectivity index (χ4n) is 0.674. The van der Waals surface area contributed by atoms with E-state index in [4.69, 9.17) is 5.73 Å². The van der Waals surface area contributed by atoms with Gasteiger partial charge in [0.1, 0.15) is 5.82 Å². The summed E-state index contributed by atoms with van der Waals surface area (Å²) >= 11 is 0. The second-order valence-corrected chi connectivity index (χ2v) is 2.03. The van der Waals surface area contributed by atoms with Gasteiger partial charge in [-0.2, -0.15) is 0 Å². The number of H-pyrrole nitrogens is 1. The summed E-state index contributed by atoms with van der Waals surface area (Å²) in [6.45, 7) is 2.26. The first-order valence-electron chi connectivity index (χ1n) is 3.56. The van der Waals surface area contributed by atoms with Crippen LogP contribution in [0, 0.1) is 0 Å². The Morgan fingerprint density at radius 3 is 2.85 bits per heavy atom. The van der Waals surface area contributed by atoms with Gasteiger partial charge in [0, 0.05) is 0 Å². The lowest BCUT2D eigenvalue weighted by atomic mass is 10.6. The summed E-state index contributed by atoms with van der Waals surface area (Å²) in [5.74, 6) is -0.0381. The Morgan fingerprint density at radius 2 is 2.38 bits per heavy atom. The third-order valence-corrected chi connectivity index (χ3v) is 1.18. The number of aromatic amines is 1. The Bertz CT molecular complexity index is 275. The molecule has 1 heterocycles. The van der Waals surface area contributed by atoms with Crippen molar-refractivity contribution < 1.29 is 9.53 Å². The molecule has 3 N–H and O–H groups in total. The first-order chi connectivity index (χ1) is 5.77. The molecule has 13 heavy (non-hydrogen) atoms. The molecule has 0 bridgehead atoms. The number of nitrogens with zero attached hydrogens (tertiary/aromatic N) is 2. The van der Waals surface area contributed by atoms with Crippen molar-refractivity contribution in [1.82, 2.24) is 15.2 Å². The van der Waals surface area contributed by atoms with E-state index < -0.39 is 5.97 Å². The fraction of sp³-hybridized carbons (Fsp3) is 0.500. The van der Waals surface area contributed by atoms with Crippen molar-refractivity contribution in [1.29, 1.82) is 0 Å². The van der Waals surface area contributed by atoms with E-state index in [2.05, 4.69) is 19.9 Å². The van der Waals surface area contributed by atoms with Gasteiger partial charge in [-0.1, -0.05) is 0 Å². The number of hydrogen-bond acceptors (Lipinski definition) is 5. The van der Waals surface area contributed by atoms with E-state index in [9.17, 15) is 4.79 Å². The van der Waals surface area contributed by atoms with Crippen molar-refractivity contribution in [2.24, 2.45) is 5.73 Å². The summed E-state index contributed by atoms with van der Waals surface area (Å²) in [5.41, 5.74) is 5.25. The first kappa shape index (κ1) is 11.9. The van der Waals surface area contributed by atoms with E-state index in [0.717, 1.165) is 0 Å². The molecule has 7 heteroatoms. The highest BCUT2D eigenvalue weighted by Gasteiger charge is 2.11. The molecule has 0 spiro atoms. The molecule has 6 nitrogen and oxygen atoms in total. The van der Waals surface area contributed by atoms with E-state index in [0.29, 0.717) is 12.4 Å². The van der Waals surface area contributed by atoms with E-state index in [-0.39, 0.29) is 24.8 Å². The van der Waals surface area contributed by atoms with Gasteiger partial charge in [-0.3, -0.25) is 5.10 Å². The topological polar surface area (TPSA) is 93.9 Å². The van der Waals surface area contributed by atoms with Crippen LogP contribution in [0.4, 0.5) is 0 Å². The average molecular weight is 207 g/mol. The Balaban J connectivity index is 0.00000144. The third kappa shape index (κ3) is 3.00. The number of carbonyl (C=O) groups is 1. The standard InChI is InChI=1S/C6H10N4O2.ClH/c1-2-12-6(11)5-8-4(3-7)9-10-5;/h2-3,7H2,1H3,(H,8,9,10);1H. The predicted molar refractivity (Wildman–Crippen MR) is 47.5 cm³/mol. The first-order valence-corrected chi connectivity index (χ1v) is 3.56. The van der Waals surface area contributed by atoms with Gasteiger partial charge in [0.25, 0.3) is 5.82 Å². The number of carbonyl (C=O) groups excluding carboxylic acids is 1. The number of nitrogens with two attached hydrogens (primary N) is 1. The van der Waals surface area contributed by atoms with Crippen molar-refractivity contribution in [3.63, 3.8) is 0 Å². The Hall–Kier alpha value is -1.14. The van der Waals surface area contributed by atoms with Gasteiger partial charge in [0.05, 0.1) is 13.2 Å². The minimum absolute atomic E-state index is 0. The maximum absolute atomic E-state index is 11.0. The Labute approximate surface area is 81.3 Å². The van der Waals surface area contributed by atoms with Gasteiger partial charge in [-0.25, -0.2) is 9.78 Å². The zero-order valence-electron chi connectivity index (χ0n) is 7.11. The zero-order chi connectivity index (χ0) is 8.97. The molecule has 0 aliphatic carbocycles. The van der Waals surface area contributed by atoms with Crippen molar-refractivity contribution in [3.05, 3.63) is 11.6 Å². The van der Waals surface area contributed by atoms with Crippen molar-refractivity contribution in [2.75, 3.05) is 6.61 Å². The molecular formula is C6H11ClN4O2. The average Bonchev–Trinajstić information content (AvgIpc) is 2.52. The predicted octanol–water partition coefficient (Wildman–Crippen LogP) is -0.138. The monoisotopic (exact) mass is 206 g/mol. The molecule has 1 aromatic heterocycles. The minimum Gasteiger partial charge on any atom is -0.460 e. The third-order valence-electron chi connectivity index (χ3n) is 1.18. The highest BCUT2D eigenvalue weighted by molar-refractivity contribution is 5.85. The summed E-state index contributed by atoms with van der Waals surface area (Å²) in [7, 11) is 0. The van der Waals surface area contributed by atoms with E-state index >= 15 is 0 Å². The summed E-state index contributed by atoms with van der Waals surface area (Å²) in [6, 6.07) is 0. The molecular weight excluding hydrogens is 196 g/mol. The number of nitrogens with one attached hydrogen (secondary N) is 1. The molecule has 0 aliphatic heterocycles. The van der Waals surface area contributed by atoms with Crippen LogP contribution in [0.3, 0.4) is 0 Å². The summed E-state index contributed by atoms with van der Waals surface area (Å²) in [6.07, 6.45) is 0. The quantitative estimate of drug-likeness (QED) is 0.672. The maximum Gasteiger partial charge on any atom is 0.378 e. The normalized spacial score (nSPS) is 9.08. The maximum atomic E-state index is 11.0. The van der Waals surface area contributed by atoms with Gasteiger partial charge in [-0.05, 0) is 6.92 Å². The van der Waals surface area contributed by atoms with Crippen LogP contribution in [-0.4, -0.2) is 27.8 Å². The lowest BCUT2D eigenvalue weighted by molar-refractivity contribution is 0.0512. The largest absolute Gasteiger partial charge is 0.460 e. The van der Waals surface area contributed by atoms with Crippen LogP contribution in [0.5, 0.6) is 0 Å². The van der Waals surface area contributed by atoms with Crippen LogP contribution in [0.2, 0.25) is 0 Å². The molecule has 74 valence electrons. The zero-order valence-corrected chi connectivity index (χ0v) is 7.93. The van der Waals surface area contributed by atoms with Crippen LogP contribution in [0.25, 0.3) is 0 Å². The Kier molecular flexibility index (Phi) is 5.01. The highest BCUT2D eigenvalue weighted by Crippen LogP contribution is 1.94. The van der Waals surface area contributed by atoms with Crippen molar-refractivity contribution in [2.45, 2.75) is 13.5 Å². The smallest absolute Gasteiger partial charge is 0.378 e. The van der Waals surface area contributed by atoms with E-state index in [1.807, 2.05) is 0 Å². The van der Waals surface area contributed by atoms with Crippen LogP contribution in [0.1, 0.15) is 23.4 Å². The minimum atomic E-state index is -0.534. The summed E-state index contributed by atoms with van der Waals surface area (Å²) in [5, 5.41) is 6.12. The van der Waals surface area contributed by atoms with Gasteiger partial charge >= 0.3 is 5.97 Å². The molecule has 0 unspecified atom stereocenters. The molecule has 0 aromatic carbocycles. The molecule has 0 amide bonds. The van der Waals surface area contributed by atoms with Gasteiger partial charge in [-0.15, -0.1) is 17.5 Å². The molecule has 0 saturated carbocycles. The number of ether oxygens (including phenoxy) is 1. The lowest BCUT2D eigenvalue weighted by Gasteiger charge is -1.93. The second-order valence-electron chi connectivity index (χ2n) is 2.03. The van der Waals surface area contributed by atoms with Gasteiger partial charge in [0.2, 0.25) is 0 Å². The van der Waals surface area contributed by atoms with Crippen LogP contribution in [0.15, 0.2) is 0 Å². The van der Waals surface area contributed by atoms with Gasteiger partial charge in [0.15, 0.2) is 0 Å². The summed E-state index contributed by atoms with van der Waals surface area (Å²) < 4.78 is 4.66. The van der Waals surface area contributed by atoms with E-state index in [1.54, 1.807) is 6.92 Å². The second kappa shape index (κ2) is 5.50. The van der Waals surface area contributed by atoms with Crippen molar-refractivity contribution >= 4 is 18.4 Å². The fourth-order valence-corrected chi connectivity index (χ4v) is 0.674. The number of halogens is 1. The molecule has 0 saturated heterocycles. The highest BCUT2D eigenvalue weighted by atomic mass is 35.5. The van der Waals surface area contributed by atoms with Gasteiger partial charge < -0.3 is 10.5 Å².